The van der Waals surface area contributed by atoms with Crippen LogP contribution in [0.3, 0.4) is 0 Å². The second kappa shape index (κ2) is 17.0. The first kappa shape index (κ1) is 26.4. The zero-order valence-corrected chi connectivity index (χ0v) is 19.9. The topological polar surface area (TPSA) is 72.2 Å². The maximum absolute atomic E-state index is 12.2. The van der Waals surface area contributed by atoms with Crippen LogP contribution >= 0.6 is 19.7 Å². The van der Waals surface area contributed by atoms with Gasteiger partial charge in [0.25, 0.3) is 0 Å². The SMILES string of the molecule is CCCN.CCCNC(=O)CCCC(=O)SCP(c1ccccc1)c1ccccc1. The summed E-state index contributed by atoms with van der Waals surface area (Å²) in [6.45, 7) is 5.61. The maximum atomic E-state index is 12.2. The van der Waals surface area contributed by atoms with Gasteiger partial charge in [-0.25, -0.2) is 0 Å². The van der Waals surface area contributed by atoms with Crippen molar-refractivity contribution in [3.8, 4) is 0 Å². The van der Waals surface area contributed by atoms with Gasteiger partial charge in [0.15, 0.2) is 5.12 Å². The molecule has 0 aromatic heterocycles. The van der Waals surface area contributed by atoms with E-state index in [0.717, 1.165) is 24.9 Å². The van der Waals surface area contributed by atoms with Crippen LogP contribution in [0.25, 0.3) is 0 Å². The van der Waals surface area contributed by atoms with Gasteiger partial charge in [-0.3, -0.25) is 9.59 Å². The van der Waals surface area contributed by atoms with Crippen LogP contribution in [0, 0.1) is 0 Å². The number of nitrogens with one attached hydrogen (secondary N) is 1. The van der Waals surface area contributed by atoms with Gasteiger partial charge in [-0.05, 0) is 44.3 Å². The lowest BCUT2D eigenvalue weighted by Gasteiger charge is -2.17. The van der Waals surface area contributed by atoms with Gasteiger partial charge in [-0.2, -0.15) is 0 Å². The summed E-state index contributed by atoms with van der Waals surface area (Å²) in [5, 5.41) is 5.59. The third-order valence-corrected chi connectivity index (χ3v) is 8.05. The van der Waals surface area contributed by atoms with Crippen LogP contribution in [0.2, 0.25) is 0 Å². The minimum absolute atomic E-state index is 0.0421. The summed E-state index contributed by atoms with van der Waals surface area (Å²) in [6, 6.07) is 20.8. The third-order valence-electron chi connectivity index (χ3n) is 4.14. The van der Waals surface area contributed by atoms with E-state index < -0.39 is 7.92 Å². The van der Waals surface area contributed by atoms with E-state index in [9.17, 15) is 9.59 Å². The highest BCUT2D eigenvalue weighted by atomic mass is 32.2. The summed E-state index contributed by atoms with van der Waals surface area (Å²) in [5.74, 6) is 0.0421. The monoisotopic (exact) mass is 446 g/mol. The van der Waals surface area contributed by atoms with Gasteiger partial charge >= 0.3 is 0 Å². The zero-order chi connectivity index (χ0) is 22.0. The van der Waals surface area contributed by atoms with Crippen LogP contribution in [-0.4, -0.2) is 29.6 Å². The highest BCUT2D eigenvalue weighted by molar-refractivity contribution is 8.18. The molecule has 0 saturated carbocycles. The van der Waals surface area contributed by atoms with Crippen LogP contribution in [0.1, 0.15) is 46.0 Å². The fourth-order valence-electron chi connectivity index (χ4n) is 2.47. The Bertz CT molecular complexity index is 672. The largest absolute Gasteiger partial charge is 0.356 e. The molecule has 0 aliphatic rings. The molecule has 0 aliphatic heterocycles. The first-order valence-electron chi connectivity index (χ1n) is 10.6. The minimum atomic E-state index is -0.556. The Kier molecular flexibility index (Phi) is 15.0. The zero-order valence-electron chi connectivity index (χ0n) is 18.2. The molecule has 3 N–H and O–H groups in total. The Morgan fingerprint density at radius 3 is 1.90 bits per heavy atom. The Balaban J connectivity index is 0.00000103. The molecule has 4 nitrogen and oxygen atoms in total. The summed E-state index contributed by atoms with van der Waals surface area (Å²) >= 11 is 1.40. The van der Waals surface area contributed by atoms with Crippen molar-refractivity contribution in [1.29, 1.82) is 0 Å². The Morgan fingerprint density at radius 1 is 0.900 bits per heavy atom. The van der Waals surface area contributed by atoms with E-state index in [1.165, 1.54) is 22.4 Å². The Morgan fingerprint density at radius 2 is 1.43 bits per heavy atom. The number of benzene rings is 2. The number of nitrogens with two attached hydrogens (primary N) is 1. The number of carbonyl (C=O) groups is 2. The Hall–Kier alpha value is -1.68. The molecule has 0 aliphatic carbocycles. The van der Waals surface area contributed by atoms with E-state index in [0.29, 0.717) is 25.8 Å². The van der Waals surface area contributed by atoms with Gasteiger partial charge < -0.3 is 11.1 Å². The molecule has 2 aromatic rings. The number of rotatable bonds is 11. The maximum Gasteiger partial charge on any atom is 0.220 e. The number of hydrogen-bond acceptors (Lipinski definition) is 4. The van der Waals surface area contributed by atoms with E-state index in [-0.39, 0.29) is 11.0 Å². The number of thioether (sulfide) groups is 1. The van der Waals surface area contributed by atoms with Gasteiger partial charge in [0.05, 0.1) is 0 Å². The molecule has 2 rings (SSSR count). The van der Waals surface area contributed by atoms with Crippen LogP contribution < -0.4 is 21.7 Å². The van der Waals surface area contributed by atoms with Crippen molar-refractivity contribution in [3.63, 3.8) is 0 Å². The van der Waals surface area contributed by atoms with E-state index in [4.69, 9.17) is 5.73 Å². The first-order valence-corrected chi connectivity index (χ1v) is 13.1. The predicted octanol–water partition coefficient (Wildman–Crippen LogP) is 4.39. The molecular weight excluding hydrogens is 411 g/mol. The Labute approximate surface area is 187 Å². The molecule has 0 spiro atoms. The van der Waals surface area contributed by atoms with E-state index in [1.54, 1.807) is 0 Å². The highest BCUT2D eigenvalue weighted by Crippen LogP contribution is 2.38. The second-order valence-electron chi connectivity index (χ2n) is 6.74. The number of hydrogen-bond donors (Lipinski definition) is 2. The van der Waals surface area contributed by atoms with Crippen molar-refractivity contribution in [3.05, 3.63) is 60.7 Å². The molecule has 1 amide bonds. The lowest BCUT2D eigenvalue weighted by molar-refractivity contribution is -0.121. The quantitative estimate of drug-likeness (QED) is 0.502. The highest BCUT2D eigenvalue weighted by Gasteiger charge is 2.15. The minimum Gasteiger partial charge on any atom is -0.356 e. The molecule has 0 atom stereocenters. The van der Waals surface area contributed by atoms with E-state index in [2.05, 4.69) is 60.8 Å². The number of carbonyl (C=O) groups excluding carboxylic acids is 2. The van der Waals surface area contributed by atoms with E-state index in [1.807, 2.05) is 19.1 Å². The van der Waals surface area contributed by atoms with Gasteiger partial charge in [0, 0.05) is 24.9 Å². The first-order chi connectivity index (χ1) is 14.6. The summed E-state index contributed by atoms with van der Waals surface area (Å²) in [6.07, 6.45) is 3.54. The van der Waals surface area contributed by atoms with E-state index >= 15 is 0 Å². The van der Waals surface area contributed by atoms with Crippen molar-refractivity contribution in [2.45, 2.75) is 46.0 Å². The molecule has 164 valence electrons. The average Bonchev–Trinajstić information content (AvgIpc) is 2.79. The van der Waals surface area contributed by atoms with Crippen LogP contribution in [0.4, 0.5) is 0 Å². The lowest BCUT2D eigenvalue weighted by Crippen LogP contribution is -2.23. The summed E-state index contributed by atoms with van der Waals surface area (Å²) in [4.78, 5) is 23.8. The van der Waals surface area contributed by atoms with Gasteiger partial charge in [-0.15, -0.1) is 0 Å². The molecule has 2 aromatic carbocycles. The summed E-state index contributed by atoms with van der Waals surface area (Å²) in [5.41, 5.74) is 5.81. The molecule has 0 saturated heterocycles. The fourth-order valence-corrected chi connectivity index (χ4v) is 6.40. The van der Waals surface area contributed by atoms with Crippen LogP contribution in [-0.2, 0) is 9.59 Å². The van der Waals surface area contributed by atoms with Gasteiger partial charge in [-0.1, -0.05) is 86.3 Å². The second-order valence-corrected chi connectivity index (χ2v) is 10.4. The smallest absolute Gasteiger partial charge is 0.220 e. The molecule has 6 heteroatoms. The molecule has 0 fully saturated rings. The van der Waals surface area contributed by atoms with Crippen molar-refractivity contribution < 1.29 is 9.59 Å². The third kappa shape index (κ3) is 11.5. The standard InChI is InChI=1S/C21H26NO2PS.C3H9N/c1-2-16-22-20(23)14-9-15-21(24)26-17-25(18-10-5-3-6-11-18)19-12-7-4-8-13-19;1-2-3-4/h3-8,10-13H,2,9,14-17H2,1H3,(H,22,23);2-4H2,1H3. The summed E-state index contributed by atoms with van der Waals surface area (Å²) < 4.78 is 0. The predicted molar refractivity (Wildman–Crippen MR) is 133 cm³/mol. The number of amides is 1. The van der Waals surface area contributed by atoms with Crippen molar-refractivity contribution in [2.75, 3.05) is 18.6 Å². The van der Waals surface area contributed by atoms with Gasteiger partial charge in [0.1, 0.15) is 0 Å². The molecule has 0 radical (unpaired) electrons. The fraction of sp³-hybridized carbons (Fsp3) is 0.417. The summed E-state index contributed by atoms with van der Waals surface area (Å²) in [7, 11) is -0.556. The molecular formula is C24H35N2O2PS. The van der Waals surface area contributed by atoms with Crippen molar-refractivity contribution in [1.82, 2.24) is 5.32 Å². The van der Waals surface area contributed by atoms with Crippen LogP contribution in [0.15, 0.2) is 60.7 Å². The molecule has 0 bridgehead atoms. The molecule has 0 heterocycles. The van der Waals surface area contributed by atoms with Crippen LogP contribution in [0.5, 0.6) is 0 Å². The lowest BCUT2D eigenvalue weighted by atomic mass is 10.2. The normalized spacial score (nSPS) is 10.3. The molecule has 30 heavy (non-hydrogen) atoms. The van der Waals surface area contributed by atoms with Gasteiger partial charge in [0.2, 0.25) is 5.91 Å². The average molecular weight is 447 g/mol. The van der Waals surface area contributed by atoms with Crippen molar-refractivity contribution in [2.24, 2.45) is 5.73 Å². The van der Waals surface area contributed by atoms with Crippen molar-refractivity contribution >= 4 is 41.3 Å². The molecule has 0 unspecified atom stereocenters.